The fraction of sp³-hybridized carbons (Fsp3) is 0.567. The van der Waals surface area contributed by atoms with Gasteiger partial charge < -0.3 is 15.0 Å². The van der Waals surface area contributed by atoms with Crippen molar-refractivity contribution in [2.75, 3.05) is 31.2 Å². The third-order valence-corrected chi connectivity index (χ3v) is 8.99. The molecule has 3 amide bonds. The second-order valence-corrected chi connectivity index (χ2v) is 11.6. The summed E-state index contributed by atoms with van der Waals surface area (Å²) in [5.41, 5.74) is -0.438. The van der Waals surface area contributed by atoms with Gasteiger partial charge in [-0.25, -0.2) is 4.68 Å². The fourth-order valence-electron chi connectivity index (χ4n) is 6.71. The zero-order valence-electron chi connectivity index (χ0n) is 23.8. The molecule has 228 valence electrons. The number of anilines is 1. The van der Waals surface area contributed by atoms with Crippen molar-refractivity contribution in [1.82, 2.24) is 20.0 Å². The summed E-state index contributed by atoms with van der Waals surface area (Å²) < 4.78 is 47.5. The maximum absolute atomic E-state index is 14.2. The normalized spacial score (nSPS) is 24.5. The van der Waals surface area contributed by atoms with Crippen LogP contribution in [0.5, 0.6) is 0 Å². The van der Waals surface area contributed by atoms with Crippen LogP contribution in [0, 0.1) is 17.2 Å². The quantitative estimate of drug-likeness (QED) is 0.536. The number of nitrogens with one attached hydrogen (secondary N) is 1. The lowest BCUT2D eigenvalue weighted by molar-refractivity contribution is -0.137. The van der Waals surface area contributed by atoms with E-state index < -0.39 is 41.6 Å². The molecular formula is C30H33F3N6O4. The number of alkyl halides is 3. The zero-order chi connectivity index (χ0) is 30.5. The number of halogens is 3. The summed E-state index contributed by atoms with van der Waals surface area (Å²) in [6.07, 6.45) is -0.573. The Morgan fingerprint density at radius 3 is 2.56 bits per heavy atom. The highest BCUT2D eigenvalue weighted by atomic mass is 19.4. The number of likely N-dealkylation sites (N-methyl/N-ethyl adjacent to an activating group) is 1. The zero-order valence-corrected chi connectivity index (χ0v) is 23.8. The van der Waals surface area contributed by atoms with Crippen molar-refractivity contribution in [2.45, 2.75) is 75.7 Å². The second kappa shape index (κ2) is 11.3. The number of hydrogen-bond donors (Lipinski definition) is 1. The average Bonchev–Trinajstić information content (AvgIpc) is 3.59. The van der Waals surface area contributed by atoms with Gasteiger partial charge in [-0.1, -0.05) is 6.07 Å². The second-order valence-electron chi connectivity index (χ2n) is 11.6. The van der Waals surface area contributed by atoms with Crippen LogP contribution < -0.4 is 10.2 Å². The van der Waals surface area contributed by atoms with E-state index in [4.69, 9.17) is 9.84 Å². The lowest BCUT2D eigenvalue weighted by atomic mass is 9.82. The Morgan fingerprint density at radius 1 is 1.16 bits per heavy atom. The minimum absolute atomic E-state index is 0.0299. The Labute approximate surface area is 246 Å². The van der Waals surface area contributed by atoms with Gasteiger partial charge in [0, 0.05) is 43.3 Å². The van der Waals surface area contributed by atoms with E-state index in [1.807, 2.05) is 0 Å². The van der Waals surface area contributed by atoms with Gasteiger partial charge in [-0.2, -0.15) is 23.5 Å². The molecule has 4 heterocycles. The summed E-state index contributed by atoms with van der Waals surface area (Å²) in [7, 11) is 0. The number of likely N-dealkylation sites (tertiary alicyclic amines) is 1. The van der Waals surface area contributed by atoms with Gasteiger partial charge in [0.05, 0.1) is 17.7 Å². The van der Waals surface area contributed by atoms with Crippen LogP contribution in [0.2, 0.25) is 0 Å². The van der Waals surface area contributed by atoms with Gasteiger partial charge in [-0.3, -0.25) is 19.3 Å². The molecule has 6 rings (SSSR count). The van der Waals surface area contributed by atoms with E-state index in [9.17, 15) is 32.8 Å². The minimum Gasteiger partial charge on any atom is -0.381 e. The van der Waals surface area contributed by atoms with Crippen LogP contribution in [-0.2, 0) is 15.7 Å². The Hall–Kier alpha value is -3.92. The molecule has 1 aromatic heterocycles. The number of carbonyl (C=O) groups excluding carboxylic acids is 3. The van der Waals surface area contributed by atoms with Crippen molar-refractivity contribution < 1.29 is 32.3 Å². The monoisotopic (exact) mass is 598 g/mol. The van der Waals surface area contributed by atoms with Gasteiger partial charge in [0.25, 0.3) is 17.7 Å². The summed E-state index contributed by atoms with van der Waals surface area (Å²) >= 11 is 0. The fourth-order valence-corrected chi connectivity index (χ4v) is 6.71. The standard InChI is InChI=1S/C30H33F3N6O4/c1-2-37-27-23(25(29(42)38-12-4-7-21(38)16-34)36-39(27)20-10-13-43-14-11-20)22(17-8-9-17)24(28(37)41)35-26(40)18-5-3-6-19(15-18)30(31,32)33/h3,5-6,15,17,20-22,24H,2,4,7-14H2,1H3,(H,35,40)/t21-,22+,24+/m0/s1. The molecule has 4 aliphatic rings. The third kappa shape index (κ3) is 5.26. The number of benzene rings is 1. The van der Waals surface area contributed by atoms with E-state index in [1.165, 1.54) is 15.9 Å². The highest BCUT2D eigenvalue weighted by Gasteiger charge is 2.52. The van der Waals surface area contributed by atoms with Crippen LogP contribution in [-0.4, -0.2) is 70.8 Å². The number of amides is 3. The van der Waals surface area contributed by atoms with E-state index in [1.54, 1.807) is 11.6 Å². The molecule has 3 atom stereocenters. The Morgan fingerprint density at radius 2 is 1.91 bits per heavy atom. The van der Waals surface area contributed by atoms with E-state index in [2.05, 4.69) is 11.4 Å². The lowest BCUT2D eigenvalue weighted by Gasteiger charge is -2.39. The summed E-state index contributed by atoms with van der Waals surface area (Å²) in [5.74, 6) is -1.69. The lowest BCUT2D eigenvalue weighted by Crippen LogP contribution is -2.56. The van der Waals surface area contributed by atoms with Crippen molar-refractivity contribution in [1.29, 1.82) is 5.26 Å². The average molecular weight is 599 g/mol. The van der Waals surface area contributed by atoms with Crippen molar-refractivity contribution in [3.63, 3.8) is 0 Å². The number of nitrogens with zero attached hydrogens (tertiary/aromatic N) is 5. The first-order chi connectivity index (χ1) is 20.6. The van der Waals surface area contributed by atoms with Gasteiger partial charge in [0.2, 0.25) is 0 Å². The van der Waals surface area contributed by atoms with Crippen LogP contribution in [0.25, 0.3) is 0 Å². The molecule has 1 saturated carbocycles. The number of fused-ring (bicyclic) bond motifs is 1. The van der Waals surface area contributed by atoms with Crippen LogP contribution in [0.4, 0.5) is 19.0 Å². The highest BCUT2D eigenvalue weighted by Crippen LogP contribution is 2.52. The molecule has 0 unspecified atom stereocenters. The van der Waals surface area contributed by atoms with Crippen LogP contribution in [0.15, 0.2) is 24.3 Å². The molecule has 2 saturated heterocycles. The van der Waals surface area contributed by atoms with Gasteiger partial charge in [0.15, 0.2) is 5.69 Å². The summed E-state index contributed by atoms with van der Waals surface area (Å²) in [6.45, 7) is 3.45. The molecule has 0 radical (unpaired) electrons. The number of hydrogen-bond acceptors (Lipinski definition) is 6. The Balaban J connectivity index is 1.45. The predicted octanol–water partition coefficient (Wildman–Crippen LogP) is 4.04. The topological polar surface area (TPSA) is 121 Å². The first-order valence-corrected chi connectivity index (χ1v) is 14.8. The van der Waals surface area contributed by atoms with E-state index in [0.717, 1.165) is 31.0 Å². The van der Waals surface area contributed by atoms with Gasteiger partial charge in [-0.15, -0.1) is 0 Å². The number of rotatable bonds is 6. The molecule has 10 nitrogen and oxygen atoms in total. The Kier molecular flexibility index (Phi) is 7.66. The molecule has 1 aliphatic carbocycles. The number of ether oxygens (including phenoxy) is 1. The van der Waals surface area contributed by atoms with E-state index in [0.29, 0.717) is 56.8 Å². The first-order valence-electron chi connectivity index (χ1n) is 14.8. The van der Waals surface area contributed by atoms with Crippen molar-refractivity contribution in [3.05, 3.63) is 46.6 Å². The van der Waals surface area contributed by atoms with Crippen LogP contribution >= 0.6 is 0 Å². The summed E-state index contributed by atoms with van der Waals surface area (Å²) in [5, 5.41) is 17.3. The number of aromatic nitrogens is 2. The maximum Gasteiger partial charge on any atom is 0.416 e. The molecule has 0 bridgehead atoms. The minimum atomic E-state index is -4.63. The predicted molar refractivity (Wildman–Crippen MR) is 147 cm³/mol. The van der Waals surface area contributed by atoms with Crippen LogP contribution in [0.1, 0.15) is 89.4 Å². The molecule has 3 fully saturated rings. The van der Waals surface area contributed by atoms with Crippen molar-refractivity contribution >= 4 is 23.5 Å². The molecule has 0 spiro atoms. The molecule has 2 aromatic rings. The van der Waals surface area contributed by atoms with Gasteiger partial charge in [-0.05, 0) is 69.6 Å². The van der Waals surface area contributed by atoms with Gasteiger partial charge in [0.1, 0.15) is 17.9 Å². The highest BCUT2D eigenvalue weighted by molar-refractivity contribution is 6.07. The maximum atomic E-state index is 14.2. The SMILES string of the molecule is CCN1C(=O)[C@H](NC(=O)c2cccc(C(F)(F)F)c2)[C@H](C2CC2)c2c(C(=O)N3CCC[C@H]3C#N)nn(C3CCOCC3)c21. The van der Waals surface area contributed by atoms with Gasteiger partial charge >= 0.3 is 6.18 Å². The molecule has 13 heteroatoms. The van der Waals surface area contributed by atoms with Crippen LogP contribution in [0.3, 0.4) is 0 Å². The summed E-state index contributed by atoms with van der Waals surface area (Å²) in [4.78, 5) is 44.7. The molecule has 1 aromatic carbocycles. The molecule has 43 heavy (non-hydrogen) atoms. The van der Waals surface area contributed by atoms with Crippen molar-refractivity contribution in [2.24, 2.45) is 5.92 Å². The largest absolute Gasteiger partial charge is 0.416 e. The number of carbonyl (C=O) groups is 3. The smallest absolute Gasteiger partial charge is 0.381 e. The first kappa shape index (κ1) is 29.2. The Bertz CT molecular complexity index is 1470. The van der Waals surface area contributed by atoms with E-state index >= 15 is 0 Å². The van der Waals surface area contributed by atoms with Crippen molar-refractivity contribution in [3.8, 4) is 6.07 Å². The van der Waals surface area contributed by atoms with E-state index in [-0.39, 0.29) is 35.7 Å². The molecular weight excluding hydrogens is 565 g/mol. The third-order valence-electron chi connectivity index (χ3n) is 8.99. The molecule has 1 N–H and O–H groups in total. The molecule has 3 aliphatic heterocycles. The summed E-state index contributed by atoms with van der Waals surface area (Å²) in [6, 6.07) is 4.49. The number of nitriles is 1.